The summed E-state index contributed by atoms with van der Waals surface area (Å²) in [6.45, 7) is 5.60. The molecule has 1 N–H and O–H groups in total. The maximum atomic E-state index is 12.7. The number of amides is 1. The van der Waals surface area contributed by atoms with Gasteiger partial charge in [-0.15, -0.1) is 24.0 Å². The van der Waals surface area contributed by atoms with E-state index in [9.17, 15) is 4.79 Å². The van der Waals surface area contributed by atoms with E-state index >= 15 is 0 Å². The Morgan fingerprint density at radius 2 is 2.19 bits per heavy atom. The van der Waals surface area contributed by atoms with Crippen molar-refractivity contribution in [3.8, 4) is 5.88 Å². The molecular weight excluding hydrogens is 509 g/mol. The molecular formula is C21H30IN7O2. The fourth-order valence-corrected chi connectivity index (χ4v) is 3.38. The molecule has 1 saturated heterocycles. The number of nitrogens with zero attached hydrogens (tertiary/aromatic N) is 6. The van der Waals surface area contributed by atoms with E-state index in [0.717, 1.165) is 30.4 Å². The van der Waals surface area contributed by atoms with Gasteiger partial charge in [-0.1, -0.05) is 0 Å². The van der Waals surface area contributed by atoms with Crippen molar-refractivity contribution in [3.05, 3.63) is 36.3 Å². The van der Waals surface area contributed by atoms with Crippen LogP contribution in [0.15, 0.2) is 35.7 Å². The Balaban J connectivity index is 0.00000272. The highest BCUT2D eigenvalue weighted by atomic mass is 127. The van der Waals surface area contributed by atoms with Crippen molar-refractivity contribution >= 4 is 41.5 Å². The molecule has 2 aliphatic rings. The van der Waals surface area contributed by atoms with Crippen LogP contribution in [0, 0.1) is 5.92 Å². The molecule has 0 atom stereocenters. The molecule has 168 valence electrons. The van der Waals surface area contributed by atoms with Gasteiger partial charge < -0.3 is 19.9 Å². The van der Waals surface area contributed by atoms with Crippen LogP contribution in [-0.2, 0) is 18.4 Å². The van der Waals surface area contributed by atoms with Gasteiger partial charge in [0, 0.05) is 45.1 Å². The smallest absolute Gasteiger partial charge is 0.246 e. The van der Waals surface area contributed by atoms with Crippen molar-refractivity contribution in [2.24, 2.45) is 18.0 Å². The molecule has 0 radical (unpaired) electrons. The molecule has 1 aliphatic heterocycles. The predicted molar refractivity (Wildman–Crippen MR) is 130 cm³/mol. The van der Waals surface area contributed by atoms with E-state index in [0.29, 0.717) is 31.4 Å². The summed E-state index contributed by atoms with van der Waals surface area (Å²) in [6, 6.07) is 3.89. The second kappa shape index (κ2) is 10.8. The van der Waals surface area contributed by atoms with E-state index in [1.165, 1.54) is 12.8 Å². The molecule has 2 aromatic heterocycles. The molecule has 0 aromatic carbocycles. The van der Waals surface area contributed by atoms with Crippen LogP contribution in [0.5, 0.6) is 5.88 Å². The van der Waals surface area contributed by atoms with Crippen LogP contribution >= 0.6 is 24.0 Å². The van der Waals surface area contributed by atoms with Gasteiger partial charge >= 0.3 is 0 Å². The van der Waals surface area contributed by atoms with Crippen LogP contribution in [-0.4, -0.2) is 64.3 Å². The number of guanidine groups is 1. The Hall–Kier alpha value is -2.37. The summed E-state index contributed by atoms with van der Waals surface area (Å²) in [5, 5.41) is 7.47. The maximum absolute atomic E-state index is 12.7. The number of pyridine rings is 1. The summed E-state index contributed by atoms with van der Waals surface area (Å²) >= 11 is 0. The molecule has 3 heterocycles. The summed E-state index contributed by atoms with van der Waals surface area (Å²) in [7, 11) is 1.85. The summed E-state index contributed by atoms with van der Waals surface area (Å²) in [4.78, 5) is 25.5. The van der Waals surface area contributed by atoms with Gasteiger partial charge in [0.25, 0.3) is 0 Å². The number of aliphatic imine (C=N–C) groups is 1. The van der Waals surface area contributed by atoms with Crippen molar-refractivity contribution in [1.82, 2.24) is 25.0 Å². The lowest BCUT2D eigenvalue weighted by Crippen LogP contribution is -2.55. The Labute approximate surface area is 199 Å². The average molecular weight is 539 g/mol. The van der Waals surface area contributed by atoms with Gasteiger partial charge in [-0.2, -0.15) is 5.10 Å². The average Bonchev–Trinajstić information content (AvgIpc) is 3.49. The highest BCUT2D eigenvalue weighted by Gasteiger charge is 2.27. The standard InChI is InChI=1S/C21H29N7O2.HI/c1-3-22-21(24-11-17-6-7-23-19(10-17)30-15-16-4-5-16)27-8-9-28(20(29)14-27)18-12-25-26(2)13-18;/h6-7,10,12-13,16H,3-5,8-9,11,14-15H2,1-2H3,(H,22,24);1H. The molecule has 2 fully saturated rings. The highest BCUT2D eigenvalue weighted by Crippen LogP contribution is 2.29. The number of aromatic nitrogens is 3. The molecule has 31 heavy (non-hydrogen) atoms. The zero-order chi connectivity index (χ0) is 20.9. The minimum absolute atomic E-state index is 0. The zero-order valence-electron chi connectivity index (χ0n) is 18.0. The van der Waals surface area contributed by atoms with Crippen LogP contribution in [0.25, 0.3) is 0 Å². The van der Waals surface area contributed by atoms with Gasteiger partial charge in [0.1, 0.15) is 6.54 Å². The largest absolute Gasteiger partial charge is 0.477 e. The van der Waals surface area contributed by atoms with E-state index in [1.54, 1.807) is 22.0 Å². The number of anilines is 1. The van der Waals surface area contributed by atoms with Gasteiger partial charge in [-0.05, 0) is 37.3 Å². The molecule has 0 bridgehead atoms. The number of nitrogens with one attached hydrogen (secondary N) is 1. The Morgan fingerprint density at radius 1 is 1.35 bits per heavy atom. The first-order valence-corrected chi connectivity index (χ1v) is 10.5. The van der Waals surface area contributed by atoms with Crippen LogP contribution < -0.4 is 15.0 Å². The molecule has 1 aliphatic carbocycles. The van der Waals surface area contributed by atoms with Crippen LogP contribution in [0.3, 0.4) is 0 Å². The molecule has 9 nitrogen and oxygen atoms in total. The topological polar surface area (TPSA) is 87.9 Å². The number of halogens is 1. The monoisotopic (exact) mass is 539 g/mol. The minimum Gasteiger partial charge on any atom is -0.477 e. The van der Waals surface area contributed by atoms with Gasteiger partial charge in [0.2, 0.25) is 11.8 Å². The fourth-order valence-electron chi connectivity index (χ4n) is 3.38. The lowest BCUT2D eigenvalue weighted by molar-refractivity contribution is -0.120. The van der Waals surface area contributed by atoms with E-state index in [4.69, 9.17) is 9.73 Å². The first-order valence-electron chi connectivity index (χ1n) is 10.5. The van der Waals surface area contributed by atoms with Gasteiger partial charge in [0.05, 0.1) is 25.0 Å². The number of carbonyl (C=O) groups is 1. The van der Waals surface area contributed by atoms with Crippen molar-refractivity contribution < 1.29 is 9.53 Å². The summed E-state index contributed by atoms with van der Waals surface area (Å²) in [5.41, 5.74) is 1.87. The number of hydrogen-bond acceptors (Lipinski definition) is 5. The number of aryl methyl sites for hydroxylation is 1. The predicted octanol–water partition coefficient (Wildman–Crippen LogP) is 2.04. The third-order valence-electron chi connectivity index (χ3n) is 5.23. The Morgan fingerprint density at radius 3 is 2.87 bits per heavy atom. The number of piperazine rings is 1. The van der Waals surface area contributed by atoms with Crippen molar-refractivity contribution in [3.63, 3.8) is 0 Å². The number of rotatable bonds is 7. The first kappa shape index (κ1) is 23.3. The molecule has 2 aromatic rings. The van der Waals surface area contributed by atoms with Crippen LogP contribution in [0.2, 0.25) is 0 Å². The first-order chi connectivity index (χ1) is 14.6. The normalized spacial score (nSPS) is 16.8. The van der Waals surface area contributed by atoms with Gasteiger partial charge in [-0.3, -0.25) is 9.48 Å². The van der Waals surface area contributed by atoms with Crippen LogP contribution in [0.4, 0.5) is 5.69 Å². The third kappa shape index (κ3) is 6.31. The molecule has 0 unspecified atom stereocenters. The number of carbonyl (C=O) groups excluding carboxylic acids is 1. The van der Waals surface area contributed by atoms with E-state index in [-0.39, 0.29) is 36.4 Å². The lowest BCUT2D eigenvalue weighted by atomic mass is 10.2. The quantitative estimate of drug-likeness (QED) is 0.329. The molecule has 4 rings (SSSR count). The lowest BCUT2D eigenvalue weighted by Gasteiger charge is -2.35. The molecule has 10 heteroatoms. The second-order valence-corrected chi connectivity index (χ2v) is 7.77. The molecule has 0 spiro atoms. The van der Waals surface area contributed by atoms with Crippen molar-refractivity contribution in [1.29, 1.82) is 0 Å². The van der Waals surface area contributed by atoms with Gasteiger partial charge in [0.15, 0.2) is 5.96 Å². The van der Waals surface area contributed by atoms with Gasteiger partial charge in [-0.25, -0.2) is 9.98 Å². The van der Waals surface area contributed by atoms with Crippen molar-refractivity contribution in [2.75, 3.05) is 37.7 Å². The fraction of sp³-hybridized carbons (Fsp3) is 0.524. The molecule has 1 amide bonds. The van der Waals surface area contributed by atoms with E-state index in [1.807, 2.05) is 37.2 Å². The zero-order valence-corrected chi connectivity index (χ0v) is 20.4. The number of hydrogen-bond donors (Lipinski definition) is 1. The Kier molecular flexibility index (Phi) is 8.10. The van der Waals surface area contributed by atoms with E-state index < -0.39 is 0 Å². The Bertz CT molecular complexity index is 913. The second-order valence-electron chi connectivity index (χ2n) is 7.77. The number of ether oxygens (including phenoxy) is 1. The minimum atomic E-state index is 0. The summed E-state index contributed by atoms with van der Waals surface area (Å²) < 4.78 is 7.47. The molecule has 1 saturated carbocycles. The van der Waals surface area contributed by atoms with Crippen LogP contribution in [0.1, 0.15) is 25.3 Å². The summed E-state index contributed by atoms with van der Waals surface area (Å²) in [6.07, 6.45) is 7.85. The maximum Gasteiger partial charge on any atom is 0.246 e. The van der Waals surface area contributed by atoms with E-state index in [2.05, 4.69) is 15.4 Å². The van der Waals surface area contributed by atoms with Crippen molar-refractivity contribution in [2.45, 2.75) is 26.3 Å². The highest BCUT2D eigenvalue weighted by molar-refractivity contribution is 14.0. The SMILES string of the molecule is CCNC(=NCc1ccnc(OCC2CC2)c1)N1CCN(c2cnn(C)c2)C(=O)C1.I. The third-order valence-corrected chi connectivity index (χ3v) is 5.23. The summed E-state index contributed by atoms with van der Waals surface area (Å²) in [5.74, 6) is 2.13.